The minimum absolute atomic E-state index is 0.0529. The van der Waals surface area contributed by atoms with Gasteiger partial charge >= 0.3 is 6.03 Å². The van der Waals surface area contributed by atoms with E-state index in [2.05, 4.69) is 10.6 Å². The van der Waals surface area contributed by atoms with E-state index in [9.17, 15) is 9.90 Å². The number of hydrogen-bond acceptors (Lipinski definition) is 3. The van der Waals surface area contributed by atoms with Crippen molar-refractivity contribution in [3.05, 3.63) is 50.6 Å². The Morgan fingerprint density at radius 3 is 2.80 bits per heavy atom. The number of urea groups is 1. The van der Waals surface area contributed by atoms with Crippen molar-refractivity contribution in [2.75, 3.05) is 11.9 Å². The second-order valence-electron chi connectivity index (χ2n) is 4.03. The van der Waals surface area contributed by atoms with Crippen LogP contribution in [0.3, 0.4) is 0 Å². The fourth-order valence-corrected chi connectivity index (χ4v) is 2.70. The smallest absolute Gasteiger partial charge is 0.319 e. The van der Waals surface area contributed by atoms with Crippen molar-refractivity contribution in [3.63, 3.8) is 0 Å². The number of amides is 2. The van der Waals surface area contributed by atoms with Crippen LogP contribution < -0.4 is 10.6 Å². The zero-order valence-electron chi connectivity index (χ0n) is 10.3. The standard InChI is InChI=1S/C13H12Cl2N2O2S/c14-8-1-2-10(11(15)5-8)12(18)6-16-13(19)17-9-3-4-20-7-9/h1-5,7,12,18H,6H2,(H2,16,17,19). The molecule has 3 N–H and O–H groups in total. The lowest BCUT2D eigenvalue weighted by Crippen LogP contribution is -2.32. The third-order valence-corrected chi connectivity index (χ3v) is 3.80. The molecule has 2 aromatic rings. The quantitative estimate of drug-likeness (QED) is 0.795. The van der Waals surface area contributed by atoms with Crippen LogP contribution in [0.4, 0.5) is 10.5 Å². The molecule has 106 valence electrons. The van der Waals surface area contributed by atoms with Gasteiger partial charge in [0.1, 0.15) is 0 Å². The van der Waals surface area contributed by atoms with E-state index in [-0.39, 0.29) is 12.6 Å². The molecule has 0 bridgehead atoms. The van der Waals surface area contributed by atoms with Gasteiger partial charge in [0.15, 0.2) is 0 Å². The predicted octanol–water partition coefficient (Wildman–Crippen LogP) is 3.91. The van der Waals surface area contributed by atoms with Gasteiger partial charge in [-0.05, 0) is 23.6 Å². The van der Waals surface area contributed by atoms with Crippen LogP contribution in [0.15, 0.2) is 35.0 Å². The van der Waals surface area contributed by atoms with Crippen LogP contribution >= 0.6 is 34.5 Å². The van der Waals surface area contributed by atoms with Crippen molar-refractivity contribution >= 4 is 46.3 Å². The van der Waals surface area contributed by atoms with E-state index in [1.165, 1.54) is 11.3 Å². The highest BCUT2D eigenvalue weighted by Gasteiger charge is 2.13. The van der Waals surface area contributed by atoms with Gasteiger partial charge in [0.05, 0.1) is 11.8 Å². The molecule has 0 radical (unpaired) electrons. The van der Waals surface area contributed by atoms with E-state index >= 15 is 0 Å². The van der Waals surface area contributed by atoms with Crippen molar-refractivity contribution in [2.45, 2.75) is 6.10 Å². The monoisotopic (exact) mass is 330 g/mol. The van der Waals surface area contributed by atoms with Crippen molar-refractivity contribution in [1.82, 2.24) is 5.32 Å². The molecule has 2 amide bonds. The molecule has 4 nitrogen and oxygen atoms in total. The van der Waals surface area contributed by atoms with E-state index in [1.807, 2.05) is 10.8 Å². The fourth-order valence-electron chi connectivity index (χ4n) is 1.58. The normalized spacial score (nSPS) is 11.9. The average molecular weight is 331 g/mol. The Hall–Kier alpha value is -1.27. The zero-order valence-corrected chi connectivity index (χ0v) is 12.6. The molecule has 0 fully saturated rings. The van der Waals surface area contributed by atoms with Gasteiger partial charge in [0.25, 0.3) is 0 Å². The molecule has 1 atom stereocenters. The van der Waals surface area contributed by atoms with Crippen LogP contribution in [0, 0.1) is 0 Å². The van der Waals surface area contributed by atoms with Crippen LogP contribution in [0.2, 0.25) is 10.0 Å². The first-order chi connectivity index (χ1) is 9.56. The maximum absolute atomic E-state index is 11.6. The van der Waals surface area contributed by atoms with Gasteiger partial charge in [-0.2, -0.15) is 11.3 Å². The number of aliphatic hydroxyl groups excluding tert-OH is 1. The number of anilines is 1. The van der Waals surface area contributed by atoms with Crippen molar-refractivity contribution in [2.24, 2.45) is 0 Å². The molecule has 1 aromatic heterocycles. The minimum atomic E-state index is -0.895. The number of carbonyl (C=O) groups is 1. The highest BCUT2D eigenvalue weighted by molar-refractivity contribution is 7.08. The third kappa shape index (κ3) is 4.11. The number of hydrogen-bond donors (Lipinski definition) is 3. The number of nitrogens with one attached hydrogen (secondary N) is 2. The number of rotatable bonds is 4. The van der Waals surface area contributed by atoms with E-state index in [4.69, 9.17) is 23.2 Å². The maximum Gasteiger partial charge on any atom is 0.319 e. The largest absolute Gasteiger partial charge is 0.387 e. The van der Waals surface area contributed by atoms with E-state index in [1.54, 1.807) is 24.3 Å². The summed E-state index contributed by atoms with van der Waals surface area (Å²) in [6, 6.07) is 6.22. The molecule has 2 rings (SSSR count). The van der Waals surface area contributed by atoms with Crippen molar-refractivity contribution < 1.29 is 9.90 Å². The highest BCUT2D eigenvalue weighted by atomic mass is 35.5. The Morgan fingerprint density at radius 2 is 2.15 bits per heavy atom. The summed E-state index contributed by atoms with van der Waals surface area (Å²) in [6.07, 6.45) is -0.895. The summed E-state index contributed by atoms with van der Waals surface area (Å²) < 4.78 is 0. The van der Waals surface area contributed by atoms with E-state index in [0.717, 1.165) is 0 Å². The zero-order chi connectivity index (χ0) is 14.5. The molecule has 0 aliphatic carbocycles. The molecule has 1 aromatic carbocycles. The highest BCUT2D eigenvalue weighted by Crippen LogP contribution is 2.25. The SMILES string of the molecule is O=C(NCC(O)c1ccc(Cl)cc1Cl)Nc1ccsc1. The first-order valence-electron chi connectivity index (χ1n) is 5.76. The first kappa shape index (κ1) is 15.1. The lowest BCUT2D eigenvalue weighted by atomic mass is 10.1. The van der Waals surface area contributed by atoms with Crippen LogP contribution in [0.1, 0.15) is 11.7 Å². The molecule has 0 aliphatic heterocycles. The Labute approximate surface area is 130 Å². The van der Waals surface area contributed by atoms with Gasteiger partial charge in [-0.15, -0.1) is 0 Å². The lowest BCUT2D eigenvalue weighted by Gasteiger charge is -2.14. The van der Waals surface area contributed by atoms with Gasteiger partial charge in [0.2, 0.25) is 0 Å². The van der Waals surface area contributed by atoms with E-state index in [0.29, 0.717) is 21.3 Å². The van der Waals surface area contributed by atoms with Crippen molar-refractivity contribution in [3.8, 4) is 0 Å². The Bertz CT molecular complexity index is 590. The van der Waals surface area contributed by atoms with Crippen LogP contribution in [-0.4, -0.2) is 17.7 Å². The molecule has 0 spiro atoms. The molecule has 1 heterocycles. The number of aliphatic hydroxyl groups is 1. The molecule has 1 unspecified atom stereocenters. The number of thiophene rings is 1. The summed E-state index contributed by atoms with van der Waals surface area (Å²) in [6.45, 7) is 0.0529. The summed E-state index contributed by atoms with van der Waals surface area (Å²) in [5, 5.41) is 19.8. The molecule has 0 saturated carbocycles. The summed E-state index contributed by atoms with van der Waals surface area (Å²) >= 11 is 13.3. The molecular weight excluding hydrogens is 319 g/mol. The predicted molar refractivity (Wildman–Crippen MR) is 82.8 cm³/mol. The fraction of sp³-hybridized carbons (Fsp3) is 0.154. The van der Waals surface area contributed by atoms with Gasteiger partial charge in [-0.3, -0.25) is 0 Å². The lowest BCUT2D eigenvalue weighted by molar-refractivity contribution is 0.175. The molecule has 7 heteroatoms. The second kappa shape index (κ2) is 6.95. The van der Waals surface area contributed by atoms with Gasteiger partial charge in [0, 0.05) is 27.5 Å². The summed E-state index contributed by atoms with van der Waals surface area (Å²) in [5.74, 6) is 0. The second-order valence-corrected chi connectivity index (χ2v) is 5.65. The molecule has 0 aliphatic rings. The Morgan fingerprint density at radius 1 is 1.35 bits per heavy atom. The average Bonchev–Trinajstić information content (AvgIpc) is 2.89. The van der Waals surface area contributed by atoms with Crippen LogP contribution in [-0.2, 0) is 0 Å². The number of carbonyl (C=O) groups excluding carboxylic acids is 1. The van der Waals surface area contributed by atoms with Gasteiger partial charge in [-0.1, -0.05) is 29.3 Å². The summed E-state index contributed by atoms with van der Waals surface area (Å²) in [5.41, 5.74) is 1.23. The van der Waals surface area contributed by atoms with E-state index < -0.39 is 6.10 Å². The Kier molecular flexibility index (Phi) is 5.25. The number of benzene rings is 1. The topological polar surface area (TPSA) is 61.4 Å². The third-order valence-electron chi connectivity index (χ3n) is 2.56. The Balaban J connectivity index is 1.88. The van der Waals surface area contributed by atoms with Crippen molar-refractivity contribution in [1.29, 1.82) is 0 Å². The first-order valence-corrected chi connectivity index (χ1v) is 7.46. The van der Waals surface area contributed by atoms with Crippen LogP contribution in [0.5, 0.6) is 0 Å². The minimum Gasteiger partial charge on any atom is -0.387 e. The molecule has 20 heavy (non-hydrogen) atoms. The van der Waals surface area contributed by atoms with Gasteiger partial charge < -0.3 is 15.7 Å². The van der Waals surface area contributed by atoms with Gasteiger partial charge in [-0.25, -0.2) is 4.79 Å². The van der Waals surface area contributed by atoms with Crippen LogP contribution in [0.25, 0.3) is 0 Å². The molecule has 0 saturated heterocycles. The summed E-state index contributed by atoms with van der Waals surface area (Å²) in [4.78, 5) is 11.6. The summed E-state index contributed by atoms with van der Waals surface area (Å²) in [7, 11) is 0. The number of halogens is 2. The molecular formula is C13H12Cl2N2O2S. The maximum atomic E-state index is 11.6.